The van der Waals surface area contributed by atoms with Gasteiger partial charge in [0.15, 0.2) is 0 Å². The molecule has 2 aromatic heterocycles. The van der Waals surface area contributed by atoms with E-state index in [9.17, 15) is 0 Å². The monoisotopic (exact) mass is 247 g/mol. The summed E-state index contributed by atoms with van der Waals surface area (Å²) in [6.07, 6.45) is 1.65. The van der Waals surface area contributed by atoms with Gasteiger partial charge >= 0.3 is 0 Å². The molecule has 78 valence electrons. The first-order chi connectivity index (χ1) is 7.72. The lowest BCUT2D eigenvalue weighted by Crippen LogP contribution is -1.85. The summed E-state index contributed by atoms with van der Waals surface area (Å²) in [5.41, 5.74) is 1.64. The minimum absolute atomic E-state index is 0.350. The molecular formula is C11H6ClN3S. The zero-order valence-corrected chi connectivity index (χ0v) is 9.72. The molecule has 2 rings (SSSR count). The van der Waals surface area contributed by atoms with Gasteiger partial charge in [-0.15, -0.1) is 11.3 Å². The summed E-state index contributed by atoms with van der Waals surface area (Å²) in [5.74, 6) is 0. The minimum atomic E-state index is 0.350. The van der Waals surface area contributed by atoms with Crippen molar-refractivity contribution < 1.29 is 0 Å². The number of nitrogens with zero attached hydrogens (tertiary/aromatic N) is 3. The molecule has 2 aromatic rings. The first-order valence-electron chi connectivity index (χ1n) is 4.38. The van der Waals surface area contributed by atoms with E-state index >= 15 is 0 Å². The third-order valence-corrected chi connectivity index (χ3v) is 3.11. The molecule has 0 bridgehead atoms. The van der Waals surface area contributed by atoms with Crippen LogP contribution in [-0.4, -0.2) is 9.97 Å². The molecule has 5 heteroatoms. The summed E-state index contributed by atoms with van der Waals surface area (Å²) < 4.78 is 0. The Morgan fingerprint density at radius 2 is 2.38 bits per heavy atom. The van der Waals surface area contributed by atoms with Crippen molar-refractivity contribution in [1.82, 2.24) is 9.97 Å². The Hall–Kier alpha value is -1.70. The predicted molar refractivity (Wildman–Crippen MR) is 65.0 cm³/mol. The highest BCUT2D eigenvalue weighted by molar-refractivity contribution is 7.11. The van der Waals surface area contributed by atoms with Crippen LogP contribution in [0.1, 0.15) is 5.01 Å². The van der Waals surface area contributed by atoms with Gasteiger partial charge in [0.05, 0.1) is 10.6 Å². The van der Waals surface area contributed by atoms with Crippen molar-refractivity contribution in [2.45, 2.75) is 0 Å². The van der Waals surface area contributed by atoms with Gasteiger partial charge in [-0.1, -0.05) is 18.2 Å². The molecule has 0 aliphatic rings. The minimum Gasteiger partial charge on any atom is -0.253 e. The Labute approximate surface area is 102 Å². The van der Waals surface area contributed by atoms with Gasteiger partial charge in [0.25, 0.3) is 0 Å². The van der Waals surface area contributed by atoms with Crippen LogP contribution in [0.15, 0.2) is 30.3 Å². The van der Waals surface area contributed by atoms with Crippen molar-refractivity contribution in [3.8, 4) is 17.5 Å². The zero-order chi connectivity index (χ0) is 11.5. The Balaban J connectivity index is 2.44. The second kappa shape index (κ2) is 4.44. The number of halogens is 1. The summed E-state index contributed by atoms with van der Waals surface area (Å²) in [6.45, 7) is 3.61. The largest absolute Gasteiger partial charge is 0.253 e. The lowest BCUT2D eigenvalue weighted by Gasteiger charge is -1.97. The summed E-state index contributed by atoms with van der Waals surface area (Å²) in [5, 5.41) is 11.6. The van der Waals surface area contributed by atoms with E-state index in [1.54, 1.807) is 18.3 Å². The second-order valence-electron chi connectivity index (χ2n) is 2.96. The molecule has 0 N–H and O–H groups in total. The van der Waals surface area contributed by atoms with Crippen LogP contribution >= 0.6 is 22.9 Å². The third-order valence-electron chi connectivity index (χ3n) is 1.90. The number of nitriles is 1. The maximum atomic E-state index is 8.70. The first kappa shape index (κ1) is 10.8. The predicted octanol–water partition coefficient (Wildman–Crippen LogP) is 3.40. The topological polar surface area (TPSA) is 49.6 Å². The number of pyridine rings is 1. The fourth-order valence-electron chi connectivity index (χ4n) is 1.14. The molecule has 0 saturated carbocycles. The van der Waals surface area contributed by atoms with Crippen molar-refractivity contribution >= 4 is 28.5 Å². The number of hydrogen-bond acceptors (Lipinski definition) is 4. The molecule has 0 radical (unpaired) electrons. The lowest BCUT2D eigenvalue weighted by molar-refractivity contribution is 1.27. The molecule has 0 atom stereocenters. The van der Waals surface area contributed by atoms with E-state index in [0.717, 1.165) is 0 Å². The SMILES string of the molecule is C=C(C#N)c1nc(-c2ncccc2Cl)cs1. The molecule has 2 heterocycles. The average Bonchev–Trinajstić information content (AvgIpc) is 2.78. The van der Waals surface area contributed by atoms with Crippen molar-refractivity contribution in [2.24, 2.45) is 0 Å². The Morgan fingerprint density at radius 1 is 1.56 bits per heavy atom. The molecule has 0 fully saturated rings. The number of thiazole rings is 1. The Bertz CT molecular complexity index is 583. The molecule has 0 amide bonds. The summed E-state index contributed by atoms with van der Waals surface area (Å²) in [7, 11) is 0. The van der Waals surface area contributed by atoms with Gasteiger partial charge in [0.1, 0.15) is 22.5 Å². The molecule has 0 aromatic carbocycles. The molecular weight excluding hydrogens is 242 g/mol. The van der Waals surface area contributed by atoms with Crippen LogP contribution in [0.5, 0.6) is 0 Å². The summed E-state index contributed by atoms with van der Waals surface area (Å²) in [6, 6.07) is 5.47. The average molecular weight is 248 g/mol. The number of aromatic nitrogens is 2. The summed E-state index contributed by atoms with van der Waals surface area (Å²) >= 11 is 7.35. The zero-order valence-electron chi connectivity index (χ0n) is 8.14. The van der Waals surface area contributed by atoms with Gasteiger partial charge in [-0.05, 0) is 12.1 Å². The molecule has 0 aliphatic carbocycles. The van der Waals surface area contributed by atoms with Crippen molar-refractivity contribution in [3.63, 3.8) is 0 Å². The van der Waals surface area contributed by atoms with Crippen LogP contribution in [0.3, 0.4) is 0 Å². The van der Waals surface area contributed by atoms with Crippen LogP contribution < -0.4 is 0 Å². The van der Waals surface area contributed by atoms with E-state index in [1.807, 2.05) is 11.4 Å². The van der Waals surface area contributed by atoms with Gasteiger partial charge in [0.2, 0.25) is 0 Å². The number of allylic oxidation sites excluding steroid dienone is 1. The van der Waals surface area contributed by atoms with Crippen LogP contribution in [-0.2, 0) is 0 Å². The van der Waals surface area contributed by atoms with Gasteiger partial charge in [-0.25, -0.2) is 4.98 Å². The Morgan fingerprint density at radius 3 is 3.06 bits per heavy atom. The standard InChI is InChI=1S/C11H6ClN3S/c1-7(5-13)11-15-9(6-16-11)10-8(12)3-2-4-14-10/h2-4,6H,1H2. The van der Waals surface area contributed by atoms with E-state index in [2.05, 4.69) is 16.5 Å². The third kappa shape index (κ3) is 1.96. The smallest absolute Gasteiger partial charge is 0.134 e. The highest BCUT2D eigenvalue weighted by Gasteiger charge is 2.10. The van der Waals surface area contributed by atoms with Crippen molar-refractivity contribution in [2.75, 3.05) is 0 Å². The van der Waals surface area contributed by atoms with E-state index in [0.29, 0.717) is 27.0 Å². The van der Waals surface area contributed by atoms with E-state index < -0.39 is 0 Å². The molecule has 3 nitrogen and oxygen atoms in total. The molecule has 0 aliphatic heterocycles. The van der Waals surface area contributed by atoms with Gasteiger partial charge in [-0.2, -0.15) is 5.26 Å². The van der Waals surface area contributed by atoms with E-state index in [4.69, 9.17) is 16.9 Å². The molecule has 16 heavy (non-hydrogen) atoms. The van der Waals surface area contributed by atoms with Crippen LogP contribution in [0, 0.1) is 11.3 Å². The quantitative estimate of drug-likeness (QED) is 0.765. The van der Waals surface area contributed by atoms with Crippen LogP contribution in [0.25, 0.3) is 17.0 Å². The number of rotatable bonds is 2. The molecule has 0 saturated heterocycles. The van der Waals surface area contributed by atoms with Crippen LogP contribution in [0.4, 0.5) is 0 Å². The fraction of sp³-hybridized carbons (Fsp3) is 0. The van der Waals surface area contributed by atoms with E-state index in [-0.39, 0.29) is 0 Å². The molecule has 0 unspecified atom stereocenters. The van der Waals surface area contributed by atoms with Crippen molar-refractivity contribution in [3.05, 3.63) is 40.3 Å². The molecule has 0 spiro atoms. The maximum absolute atomic E-state index is 8.70. The first-order valence-corrected chi connectivity index (χ1v) is 5.64. The van der Waals surface area contributed by atoms with Crippen molar-refractivity contribution in [1.29, 1.82) is 5.26 Å². The van der Waals surface area contributed by atoms with E-state index in [1.165, 1.54) is 11.3 Å². The normalized spacial score (nSPS) is 9.75. The second-order valence-corrected chi connectivity index (χ2v) is 4.23. The van der Waals surface area contributed by atoms with Gasteiger partial charge in [-0.3, -0.25) is 4.98 Å². The van der Waals surface area contributed by atoms with Gasteiger partial charge < -0.3 is 0 Å². The number of hydrogen-bond donors (Lipinski definition) is 0. The van der Waals surface area contributed by atoms with Crippen LogP contribution in [0.2, 0.25) is 5.02 Å². The summed E-state index contributed by atoms with van der Waals surface area (Å²) in [4.78, 5) is 8.41. The highest BCUT2D eigenvalue weighted by atomic mass is 35.5. The lowest BCUT2D eigenvalue weighted by atomic mass is 10.3. The Kier molecular flexibility index (Phi) is 3.00. The maximum Gasteiger partial charge on any atom is 0.134 e. The van der Waals surface area contributed by atoms with Gasteiger partial charge in [0, 0.05) is 11.6 Å². The fourth-order valence-corrected chi connectivity index (χ4v) is 2.09. The highest BCUT2D eigenvalue weighted by Crippen LogP contribution is 2.28.